The summed E-state index contributed by atoms with van der Waals surface area (Å²) in [5, 5.41) is 3.37. The Morgan fingerprint density at radius 3 is 2.65 bits per heavy atom. The molecule has 88 valence electrons. The lowest BCUT2D eigenvalue weighted by Crippen LogP contribution is -2.05. The minimum atomic E-state index is 0.802. The van der Waals surface area contributed by atoms with E-state index in [4.69, 9.17) is 5.73 Å². The maximum Gasteiger partial charge on any atom is 0.0363 e. The van der Waals surface area contributed by atoms with E-state index in [0.717, 1.165) is 24.3 Å². The number of benzene rings is 1. The lowest BCUT2D eigenvalue weighted by atomic mass is 10.1. The van der Waals surface area contributed by atoms with E-state index in [2.05, 4.69) is 16.4 Å². The van der Waals surface area contributed by atoms with Crippen molar-refractivity contribution in [1.29, 1.82) is 0 Å². The lowest BCUT2D eigenvalue weighted by Gasteiger charge is -2.08. The number of nitrogens with zero attached hydrogens (tertiary/aromatic N) is 1. The second-order valence-corrected chi connectivity index (χ2v) is 4.16. The number of nitrogen functional groups attached to an aromatic ring is 1. The summed E-state index contributed by atoms with van der Waals surface area (Å²) in [4.78, 5) is 4.00. The smallest absolute Gasteiger partial charge is 0.0363 e. The molecule has 0 spiro atoms. The van der Waals surface area contributed by atoms with Crippen LogP contribution in [0.5, 0.6) is 0 Å². The second-order valence-electron chi connectivity index (χ2n) is 4.16. The Kier molecular flexibility index (Phi) is 3.60. The van der Waals surface area contributed by atoms with Gasteiger partial charge < -0.3 is 11.1 Å². The van der Waals surface area contributed by atoms with Gasteiger partial charge in [-0.25, -0.2) is 0 Å². The van der Waals surface area contributed by atoms with E-state index in [1.165, 1.54) is 11.1 Å². The van der Waals surface area contributed by atoms with Crippen molar-refractivity contribution in [3.8, 4) is 0 Å². The predicted molar refractivity (Wildman–Crippen MR) is 72.0 cm³/mol. The van der Waals surface area contributed by atoms with Gasteiger partial charge in [-0.05, 0) is 54.8 Å². The van der Waals surface area contributed by atoms with Crippen LogP contribution in [0.15, 0.2) is 42.7 Å². The highest BCUT2D eigenvalue weighted by atomic mass is 14.9. The number of nitrogens with two attached hydrogens (primary N) is 1. The SMILES string of the molecule is Cc1cc(N)cc(NCCc2ccncc2)c1. The summed E-state index contributed by atoms with van der Waals surface area (Å²) >= 11 is 0. The molecule has 0 aliphatic carbocycles. The standard InChI is InChI=1S/C14H17N3/c1-11-8-13(15)10-14(9-11)17-7-4-12-2-5-16-6-3-12/h2-3,5-6,8-10,17H,4,7,15H2,1H3. The molecule has 0 aliphatic rings. The summed E-state index contributed by atoms with van der Waals surface area (Å²) in [7, 11) is 0. The molecular formula is C14H17N3. The first-order valence-electron chi connectivity index (χ1n) is 5.74. The fourth-order valence-corrected chi connectivity index (χ4v) is 1.82. The van der Waals surface area contributed by atoms with Crippen LogP contribution in [0.25, 0.3) is 0 Å². The van der Waals surface area contributed by atoms with Crippen molar-refractivity contribution >= 4 is 11.4 Å². The molecule has 2 aromatic rings. The summed E-state index contributed by atoms with van der Waals surface area (Å²) < 4.78 is 0. The Balaban J connectivity index is 1.90. The quantitative estimate of drug-likeness (QED) is 0.789. The Morgan fingerprint density at radius 2 is 1.94 bits per heavy atom. The minimum Gasteiger partial charge on any atom is -0.399 e. The number of aryl methyl sites for hydroxylation is 1. The van der Waals surface area contributed by atoms with E-state index in [1.807, 2.05) is 43.6 Å². The van der Waals surface area contributed by atoms with Gasteiger partial charge in [0.15, 0.2) is 0 Å². The van der Waals surface area contributed by atoms with Crippen LogP contribution < -0.4 is 11.1 Å². The molecule has 1 aromatic heterocycles. The Hall–Kier alpha value is -2.03. The molecule has 0 bridgehead atoms. The summed E-state index contributed by atoms with van der Waals surface area (Å²) in [5.41, 5.74) is 10.1. The van der Waals surface area contributed by atoms with E-state index < -0.39 is 0 Å². The van der Waals surface area contributed by atoms with Crippen molar-refractivity contribution in [3.63, 3.8) is 0 Å². The zero-order valence-electron chi connectivity index (χ0n) is 9.98. The summed E-state index contributed by atoms with van der Waals surface area (Å²) in [6, 6.07) is 10.1. The summed E-state index contributed by atoms with van der Waals surface area (Å²) in [5.74, 6) is 0. The van der Waals surface area contributed by atoms with Gasteiger partial charge in [0.05, 0.1) is 0 Å². The molecule has 0 fully saturated rings. The molecule has 1 aromatic carbocycles. The van der Waals surface area contributed by atoms with Crippen molar-refractivity contribution < 1.29 is 0 Å². The molecule has 2 rings (SSSR count). The fraction of sp³-hybridized carbons (Fsp3) is 0.214. The molecule has 1 heterocycles. The maximum atomic E-state index is 5.79. The maximum absolute atomic E-state index is 5.79. The average molecular weight is 227 g/mol. The first-order valence-corrected chi connectivity index (χ1v) is 5.74. The number of anilines is 2. The monoisotopic (exact) mass is 227 g/mol. The van der Waals surface area contributed by atoms with Crippen LogP contribution in [0.2, 0.25) is 0 Å². The molecule has 0 radical (unpaired) electrons. The topological polar surface area (TPSA) is 50.9 Å². The van der Waals surface area contributed by atoms with Crippen molar-refractivity contribution in [1.82, 2.24) is 4.98 Å². The van der Waals surface area contributed by atoms with Gasteiger partial charge in [-0.3, -0.25) is 4.98 Å². The zero-order valence-corrected chi connectivity index (χ0v) is 9.98. The molecule has 0 amide bonds. The lowest BCUT2D eigenvalue weighted by molar-refractivity contribution is 1.01. The minimum absolute atomic E-state index is 0.802. The molecule has 3 nitrogen and oxygen atoms in total. The van der Waals surface area contributed by atoms with E-state index in [0.29, 0.717) is 0 Å². The molecule has 3 N–H and O–H groups in total. The molecule has 0 unspecified atom stereocenters. The van der Waals surface area contributed by atoms with Crippen LogP contribution in [0.4, 0.5) is 11.4 Å². The van der Waals surface area contributed by atoms with Gasteiger partial charge in [0.2, 0.25) is 0 Å². The third-order valence-corrected chi connectivity index (χ3v) is 2.59. The predicted octanol–water partition coefficient (Wildman–Crippen LogP) is 2.63. The average Bonchev–Trinajstić information content (AvgIpc) is 2.29. The van der Waals surface area contributed by atoms with Gasteiger partial charge in [0, 0.05) is 30.3 Å². The van der Waals surface area contributed by atoms with E-state index in [-0.39, 0.29) is 0 Å². The second kappa shape index (κ2) is 5.34. The highest BCUT2D eigenvalue weighted by Crippen LogP contribution is 2.15. The highest BCUT2D eigenvalue weighted by molar-refractivity contribution is 5.56. The molecule has 0 aliphatic heterocycles. The van der Waals surface area contributed by atoms with Crippen LogP contribution in [0.3, 0.4) is 0 Å². The third kappa shape index (κ3) is 3.48. The van der Waals surface area contributed by atoms with Crippen molar-refractivity contribution in [3.05, 3.63) is 53.9 Å². The molecule has 3 heteroatoms. The van der Waals surface area contributed by atoms with Gasteiger partial charge in [0.1, 0.15) is 0 Å². The Morgan fingerprint density at radius 1 is 1.18 bits per heavy atom. The summed E-state index contributed by atoms with van der Waals surface area (Å²) in [6.45, 7) is 2.94. The first kappa shape index (κ1) is 11.5. The number of aromatic nitrogens is 1. The van der Waals surface area contributed by atoms with Gasteiger partial charge in [-0.15, -0.1) is 0 Å². The van der Waals surface area contributed by atoms with Crippen LogP contribution in [0.1, 0.15) is 11.1 Å². The Labute approximate surface area is 102 Å². The fourth-order valence-electron chi connectivity index (χ4n) is 1.82. The first-order chi connectivity index (χ1) is 8.24. The van der Waals surface area contributed by atoms with Crippen LogP contribution in [-0.2, 0) is 6.42 Å². The summed E-state index contributed by atoms with van der Waals surface area (Å²) in [6.07, 6.45) is 4.62. The van der Waals surface area contributed by atoms with Crippen LogP contribution in [-0.4, -0.2) is 11.5 Å². The van der Waals surface area contributed by atoms with Crippen LogP contribution >= 0.6 is 0 Å². The largest absolute Gasteiger partial charge is 0.399 e. The van der Waals surface area contributed by atoms with Gasteiger partial charge in [-0.1, -0.05) is 0 Å². The number of nitrogens with one attached hydrogen (secondary N) is 1. The Bertz CT molecular complexity index is 460. The van der Waals surface area contributed by atoms with Gasteiger partial charge in [-0.2, -0.15) is 0 Å². The molecular weight excluding hydrogens is 210 g/mol. The molecule has 0 saturated heterocycles. The number of hydrogen-bond donors (Lipinski definition) is 2. The number of rotatable bonds is 4. The van der Waals surface area contributed by atoms with Gasteiger partial charge in [0.25, 0.3) is 0 Å². The molecule has 0 saturated carbocycles. The van der Waals surface area contributed by atoms with Crippen molar-refractivity contribution in [2.24, 2.45) is 0 Å². The van der Waals surface area contributed by atoms with Crippen molar-refractivity contribution in [2.45, 2.75) is 13.3 Å². The zero-order chi connectivity index (χ0) is 12.1. The molecule has 17 heavy (non-hydrogen) atoms. The van der Waals surface area contributed by atoms with E-state index >= 15 is 0 Å². The third-order valence-electron chi connectivity index (χ3n) is 2.59. The van der Waals surface area contributed by atoms with Crippen LogP contribution in [0, 0.1) is 6.92 Å². The van der Waals surface area contributed by atoms with Crippen molar-refractivity contribution in [2.75, 3.05) is 17.6 Å². The van der Waals surface area contributed by atoms with Gasteiger partial charge >= 0.3 is 0 Å². The van der Waals surface area contributed by atoms with E-state index in [9.17, 15) is 0 Å². The molecule has 0 atom stereocenters. The van der Waals surface area contributed by atoms with E-state index in [1.54, 1.807) is 0 Å². The number of pyridine rings is 1. The normalized spacial score (nSPS) is 10.2. The number of hydrogen-bond acceptors (Lipinski definition) is 3. The highest BCUT2D eigenvalue weighted by Gasteiger charge is 1.96.